The van der Waals surface area contributed by atoms with Gasteiger partial charge in [-0.25, -0.2) is 0 Å². The van der Waals surface area contributed by atoms with E-state index >= 15 is 0 Å². The number of halogens is 1. The Labute approximate surface area is 161 Å². The second-order valence-corrected chi connectivity index (χ2v) is 7.31. The van der Waals surface area contributed by atoms with Gasteiger partial charge in [-0.15, -0.1) is 12.4 Å². The number of piperidine rings is 1. The zero-order valence-electron chi connectivity index (χ0n) is 15.4. The molecule has 144 valence electrons. The SMILES string of the molecule is CC1Oc2ccccc2N(CCC(=O)NCC2(C)CCNCC2)C1=O.Cl. The molecule has 1 aromatic rings. The minimum absolute atomic E-state index is 0. The van der Waals surface area contributed by atoms with Gasteiger partial charge in [0.05, 0.1) is 5.69 Å². The van der Waals surface area contributed by atoms with Gasteiger partial charge in [0.1, 0.15) is 5.75 Å². The fourth-order valence-corrected chi connectivity index (χ4v) is 3.41. The van der Waals surface area contributed by atoms with Crippen LogP contribution in [0.5, 0.6) is 5.75 Å². The lowest BCUT2D eigenvalue weighted by atomic mass is 9.81. The molecule has 6 nitrogen and oxygen atoms in total. The van der Waals surface area contributed by atoms with Crippen LogP contribution in [-0.2, 0) is 9.59 Å². The summed E-state index contributed by atoms with van der Waals surface area (Å²) in [7, 11) is 0. The van der Waals surface area contributed by atoms with E-state index in [-0.39, 0.29) is 29.6 Å². The van der Waals surface area contributed by atoms with Crippen LogP contribution in [0.4, 0.5) is 5.69 Å². The van der Waals surface area contributed by atoms with Gasteiger partial charge in [0.15, 0.2) is 6.10 Å². The third-order valence-corrected chi connectivity index (χ3v) is 5.16. The van der Waals surface area contributed by atoms with Crippen LogP contribution in [-0.4, -0.2) is 44.1 Å². The summed E-state index contributed by atoms with van der Waals surface area (Å²) < 4.78 is 5.62. The predicted octanol–water partition coefficient (Wildman–Crippen LogP) is 2.12. The molecule has 1 unspecified atom stereocenters. The number of para-hydroxylation sites is 2. The van der Waals surface area contributed by atoms with E-state index < -0.39 is 6.10 Å². The molecule has 26 heavy (non-hydrogen) atoms. The lowest BCUT2D eigenvalue weighted by Crippen LogP contribution is -2.46. The van der Waals surface area contributed by atoms with Crippen molar-refractivity contribution >= 4 is 29.9 Å². The standard InChI is InChI=1S/C19H27N3O3.ClH/c1-14-18(24)22(15-5-3-4-6-16(15)25-14)12-7-17(23)21-13-19(2)8-10-20-11-9-19;/h3-6,14,20H,7-13H2,1-2H3,(H,21,23);1H. The average molecular weight is 382 g/mol. The number of fused-ring (bicyclic) bond motifs is 1. The molecule has 0 saturated carbocycles. The molecule has 1 saturated heterocycles. The molecule has 3 rings (SSSR count). The molecule has 0 radical (unpaired) electrons. The zero-order valence-corrected chi connectivity index (χ0v) is 16.2. The third-order valence-electron chi connectivity index (χ3n) is 5.16. The Bertz CT molecular complexity index is 647. The Morgan fingerprint density at radius 1 is 1.35 bits per heavy atom. The maximum atomic E-state index is 12.4. The van der Waals surface area contributed by atoms with E-state index in [9.17, 15) is 9.59 Å². The maximum absolute atomic E-state index is 12.4. The summed E-state index contributed by atoms with van der Waals surface area (Å²) in [5.41, 5.74) is 0.903. The Morgan fingerprint density at radius 3 is 2.77 bits per heavy atom. The summed E-state index contributed by atoms with van der Waals surface area (Å²) in [4.78, 5) is 26.4. The van der Waals surface area contributed by atoms with Gasteiger partial charge in [0.25, 0.3) is 5.91 Å². The molecule has 0 aliphatic carbocycles. The predicted molar refractivity (Wildman–Crippen MR) is 104 cm³/mol. The van der Waals surface area contributed by atoms with Gasteiger partial charge in [0, 0.05) is 19.5 Å². The van der Waals surface area contributed by atoms with Crippen molar-refractivity contribution < 1.29 is 14.3 Å². The van der Waals surface area contributed by atoms with Crippen molar-refractivity contribution in [2.45, 2.75) is 39.2 Å². The number of amides is 2. The van der Waals surface area contributed by atoms with Gasteiger partial charge in [-0.1, -0.05) is 19.1 Å². The lowest BCUT2D eigenvalue weighted by molar-refractivity contribution is -0.125. The highest BCUT2D eigenvalue weighted by molar-refractivity contribution is 6.00. The maximum Gasteiger partial charge on any atom is 0.267 e. The quantitative estimate of drug-likeness (QED) is 0.819. The molecule has 2 amide bonds. The van der Waals surface area contributed by atoms with Crippen molar-refractivity contribution in [1.82, 2.24) is 10.6 Å². The topological polar surface area (TPSA) is 70.7 Å². The lowest BCUT2D eigenvalue weighted by Gasteiger charge is -2.34. The fourth-order valence-electron chi connectivity index (χ4n) is 3.41. The number of carbonyl (C=O) groups excluding carboxylic acids is 2. The first kappa shape index (κ1) is 20.5. The van der Waals surface area contributed by atoms with Crippen LogP contribution in [0.2, 0.25) is 0 Å². The molecule has 0 bridgehead atoms. The smallest absolute Gasteiger partial charge is 0.267 e. The summed E-state index contributed by atoms with van der Waals surface area (Å²) in [5, 5.41) is 6.39. The van der Waals surface area contributed by atoms with Crippen LogP contribution in [0, 0.1) is 5.41 Å². The van der Waals surface area contributed by atoms with E-state index in [0.29, 0.717) is 25.3 Å². The summed E-state index contributed by atoms with van der Waals surface area (Å²) in [6, 6.07) is 7.46. The molecule has 2 aliphatic heterocycles. The van der Waals surface area contributed by atoms with Gasteiger partial charge in [0.2, 0.25) is 5.91 Å². The van der Waals surface area contributed by atoms with Crippen LogP contribution in [0.25, 0.3) is 0 Å². The molecule has 1 aromatic carbocycles. The Balaban J connectivity index is 0.00000243. The van der Waals surface area contributed by atoms with Gasteiger partial charge in [-0.3, -0.25) is 9.59 Å². The highest BCUT2D eigenvalue weighted by Crippen LogP contribution is 2.33. The largest absolute Gasteiger partial charge is 0.479 e. The first-order valence-corrected chi connectivity index (χ1v) is 9.03. The number of anilines is 1. The van der Waals surface area contributed by atoms with Crippen LogP contribution < -0.4 is 20.3 Å². The van der Waals surface area contributed by atoms with Crippen molar-refractivity contribution in [3.63, 3.8) is 0 Å². The Hall–Kier alpha value is -1.79. The molecule has 7 heteroatoms. The van der Waals surface area contributed by atoms with E-state index in [1.54, 1.807) is 11.8 Å². The molecular weight excluding hydrogens is 354 g/mol. The number of benzene rings is 1. The second-order valence-electron chi connectivity index (χ2n) is 7.31. The molecule has 2 heterocycles. The van der Waals surface area contributed by atoms with Crippen molar-refractivity contribution in [3.8, 4) is 5.75 Å². The number of carbonyl (C=O) groups is 2. The van der Waals surface area contributed by atoms with Crippen LogP contribution in [0.3, 0.4) is 0 Å². The molecule has 1 atom stereocenters. The molecule has 2 aliphatic rings. The minimum atomic E-state index is -0.522. The normalized spacial score (nSPS) is 21.2. The summed E-state index contributed by atoms with van der Waals surface area (Å²) >= 11 is 0. The van der Waals surface area contributed by atoms with E-state index in [1.807, 2.05) is 24.3 Å². The van der Waals surface area contributed by atoms with Crippen LogP contribution >= 0.6 is 12.4 Å². The Kier molecular flexibility index (Phi) is 6.89. The van der Waals surface area contributed by atoms with Crippen LogP contribution in [0.15, 0.2) is 24.3 Å². The highest BCUT2D eigenvalue weighted by Gasteiger charge is 2.31. The summed E-state index contributed by atoms with van der Waals surface area (Å²) in [6.45, 7) is 7.03. The molecule has 1 fully saturated rings. The van der Waals surface area contributed by atoms with Gasteiger partial charge in [-0.2, -0.15) is 0 Å². The number of hydrogen-bond donors (Lipinski definition) is 2. The molecule has 0 spiro atoms. The van der Waals surface area contributed by atoms with E-state index in [0.717, 1.165) is 31.6 Å². The molecule has 2 N–H and O–H groups in total. The summed E-state index contributed by atoms with van der Waals surface area (Å²) in [5.74, 6) is 0.582. The average Bonchev–Trinajstić information content (AvgIpc) is 2.61. The van der Waals surface area contributed by atoms with Gasteiger partial charge < -0.3 is 20.3 Å². The van der Waals surface area contributed by atoms with E-state index in [2.05, 4.69) is 17.6 Å². The minimum Gasteiger partial charge on any atom is -0.479 e. The number of nitrogens with zero attached hydrogens (tertiary/aromatic N) is 1. The summed E-state index contributed by atoms with van der Waals surface area (Å²) in [6.07, 6.45) is 1.91. The number of hydrogen-bond acceptors (Lipinski definition) is 4. The van der Waals surface area contributed by atoms with Crippen molar-refractivity contribution in [2.75, 3.05) is 31.1 Å². The van der Waals surface area contributed by atoms with E-state index in [1.165, 1.54) is 0 Å². The van der Waals surface area contributed by atoms with Crippen LogP contribution in [0.1, 0.15) is 33.1 Å². The fraction of sp³-hybridized carbons (Fsp3) is 0.579. The number of ether oxygens (including phenoxy) is 1. The van der Waals surface area contributed by atoms with Gasteiger partial charge in [-0.05, 0) is 50.4 Å². The highest BCUT2D eigenvalue weighted by atomic mass is 35.5. The van der Waals surface area contributed by atoms with Crippen molar-refractivity contribution in [2.24, 2.45) is 5.41 Å². The zero-order chi connectivity index (χ0) is 17.9. The van der Waals surface area contributed by atoms with Gasteiger partial charge >= 0.3 is 0 Å². The van der Waals surface area contributed by atoms with Crippen molar-refractivity contribution in [1.29, 1.82) is 0 Å². The molecular formula is C19H28ClN3O3. The monoisotopic (exact) mass is 381 g/mol. The first-order chi connectivity index (χ1) is 12.0. The number of nitrogens with one attached hydrogen (secondary N) is 2. The first-order valence-electron chi connectivity index (χ1n) is 9.03. The Morgan fingerprint density at radius 2 is 2.04 bits per heavy atom. The molecule has 0 aromatic heterocycles. The second kappa shape index (κ2) is 8.73. The van der Waals surface area contributed by atoms with Crippen molar-refractivity contribution in [3.05, 3.63) is 24.3 Å². The third kappa shape index (κ3) is 4.68. The van der Waals surface area contributed by atoms with E-state index in [4.69, 9.17) is 4.74 Å². The number of rotatable bonds is 5.